The summed E-state index contributed by atoms with van der Waals surface area (Å²) >= 11 is 7.32. The summed E-state index contributed by atoms with van der Waals surface area (Å²) in [6, 6.07) is 11.1. The van der Waals surface area contributed by atoms with Crippen LogP contribution in [0.25, 0.3) is 0 Å². The fourth-order valence-corrected chi connectivity index (χ4v) is 4.60. The minimum Gasteiger partial charge on any atom is -0.496 e. The number of carbonyl (C=O) groups excluding carboxylic acids is 1. The number of thioether (sulfide) groups is 1. The Kier molecular flexibility index (Phi) is 8.03. The van der Waals surface area contributed by atoms with Crippen LogP contribution in [-0.4, -0.2) is 37.1 Å². The van der Waals surface area contributed by atoms with Gasteiger partial charge in [0.25, 0.3) is 5.91 Å². The molecule has 3 N–H and O–H groups in total. The van der Waals surface area contributed by atoms with Crippen molar-refractivity contribution in [3.8, 4) is 5.75 Å². The SMILES string of the molecule is COc1ccc(/C(C)=N\NC(=O)c2ccc(Cl)c(S(N)(=O)=O)c2)cc1CSc1ncccn1. The highest BCUT2D eigenvalue weighted by Crippen LogP contribution is 2.27. The first kappa shape index (κ1) is 24.6. The summed E-state index contributed by atoms with van der Waals surface area (Å²) in [6.07, 6.45) is 3.35. The number of halogens is 1. The lowest BCUT2D eigenvalue weighted by Crippen LogP contribution is -2.20. The van der Waals surface area contributed by atoms with Gasteiger partial charge in [-0.3, -0.25) is 4.79 Å². The number of primary sulfonamides is 1. The highest BCUT2D eigenvalue weighted by Gasteiger charge is 2.16. The van der Waals surface area contributed by atoms with Crippen LogP contribution in [-0.2, 0) is 15.8 Å². The summed E-state index contributed by atoms with van der Waals surface area (Å²) in [4.78, 5) is 20.5. The van der Waals surface area contributed by atoms with Gasteiger partial charge in [-0.25, -0.2) is 29.0 Å². The minimum absolute atomic E-state index is 0.0506. The molecular weight excluding hydrogens is 486 g/mol. The normalized spacial score (nSPS) is 11.8. The topological polar surface area (TPSA) is 137 Å². The van der Waals surface area contributed by atoms with Gasteiger partial charge in [-0.05, 0) is 55.0 Å². The first-order valence-electron chi connectivity index (χ1n) is 9.43. The number of benzene rings is 2. The van der Waals surface area contributed by atoms with Crippen molar-refractivity contribution in [3.05, 3.63) is 76.6 Å². The predicted molar refractivity (Wildman–Crippen MR) is 127 cm³/mol. The molecule has 1 aromatic heterocycles. The molecule has 0 unspecified atom stereocenters. The molecule has 0 aliphatic carbocycles. The summed E-state index contributed by atoms with van der Waals surface area (Å²) in [6.45, 7) is 1.73. The summed E-state index contributed by atoms with van der Waals surface area (Å²) in [5.41, 5.74) is 4.67. The number of sulfonamides is 1. The third kappa shape index (κ3) is 6.51. The molecule has 0 fully saturated rings. The van der Waals surface area contributed by atoms with E-state index in [1.165, 1.54) is 23.9 Å². The number of aromatic nitrogens is 2. The van der Waals surface area contributed by atoms with Crippen LogP contribution in [0.2, 0.25) is 5.02 Å². The van der Waals surface area contributed by atoms with E-state index in [9.17, 15) is 13.2 Å². The highest BCUT2D eigenvalue weighted by molar-refractivity contribution is 7.98. The van der Waals surface area contributed by atoms with Crippen LogP contribution in [0.1, 0.15) is 28.4 Å². The van der Waals surface area contributed by atoms with Gasteiger partial charge in [0.2, 0.25) is 10.0 Å². The van der Waals surface area contributed by atoms with E-state index < -0.39 is 15.9 Å². The summed E-state index contributed by atoms with van der Waals surface area (Å²) in [7, 11) is -2.48. The Bertz CT molecular complexity index is 1300. The Balaban J connectivity index is 1.77. The van der Waals surface area contributed by atoms with Gasteiger partial charge in [-0.2, -0.15) is 5.10 Å². The molecule has 0 aliphatic heterocycles. The molecule has 0 saturated carbocycles. The van der Waals surface area contributed by atoms with Crippen LogP contribution in [0.15, 0.2) is 70.0 Å². The number of nitrogens with two attached hydrogens (primary N) is 1. The van der Waals surface area contributed by atoms with Crippen LogP contribution in [0.3, 0.4) is 0 Å². The summed E-state index contributed by atoms with van der Waals surface area (Å²) in [5, 5.41) is 9.84. The number of methoxy groups -OCH3 is 1. The third-order valence-corrected chi connectivity index (χ3v) is 6.74. The second kappa shape index (κ2) is 10.8. The van der Waals surface area contributed by atoms with E-state index in [1.54, 1.807) is 32.5 Å². The lowest BCUT2D eigenvalue weighted by molar-refractivity contribution is 0.0954. The molecule has 0 atom stereocenters. The minimum atomic E-state index is -4.07. The highest BCUT2D eigenvalue weighted by atomic mass is 35.5. The zero-order valence-electron chi connectivity index (χ0n) is 17.6. The Morgan fingerprint density at radius 2 is 1.88 bits per heavy atom. The van der Waals surface area contributed by atoms with Gasteiger partial charge in [-0.15, -0.1) is 0 Å². The molecule has 0 bridgehead atoms. The number of carbonyl (C=O) groups is 1. The van der Waals surface area contributed by atoms with E-state index in [2.05, 4.69) is 20.5 Å². The van der Waals surface area contributed by atoms with Gasteiger partial charge in [0.15, 0.2) is 5.16 Å². The number of nitrogens with one attached hydrogen (secondary N) is 1. The number of hydrazone groups is 1. The fourth-order valence-electron chi connectivity index (χ4n) is 2.75. The smallest absolute Gasteiger partial charge is 0.271 e. The number of rotatable bonds is 8. The van der Waals surface area contributed by atoms with Crippen LogP contribution in [0.4, 0.5) is 0 Å². The summed E-state index contributed by atoms with van der Waals surface area (Å²) < 4.78 is 28.7. The molecule has 12 heteroatoms. The van der Waals surface area contributed by atoms with Gasteiger partial charge < -0.3 is 4.74 Å². The fraction of sp³-hybridized carbons (Fsp3) is 0.143. The van der Waals surface area contributed by atoms with E-state index >= 15 is 0 Å². The van der Waals surface area contributed by atoms with E-state index in [0.717, 1.165) is 17.2 Å². The van der Waals surface area contributed by atoms with E-state index in [4.69, 9.17) is 21.5 Å². The van der Waals surface area contributed by atoms with Gasteiger partial charge in [0, 0.05) is 29.3 Å². The van der Waals surface area contributed by atoms with Crippen LogP contribution in [0.5, 0.6) is 5.75 Å². The number of nitrogens with zero attached hydrogens (tertiary/aromatic N) is 3. The molecule has 3 aromatic rings. The second-order valence-electron chi connectivity index (χ2n) is 6.68. The van der Waals surface area contributed by atoms with Crippen molar-refractivity contribution in [3.63, 3.8) is 0 Å². The standard InChI is InChI=1S/C21H20ClN5O4S2/c1-13(26-27-20(28)15-4-6-17(22)19(11-15)33(23,29)30)14-5-7-18(31-2)16(10-14)12-32-21-24-8-3-9-25-21/h3-11H,12H2,1-2H3,(H,27,28)(H2,23,29,30)/b26-13-. The number of amides is 1. The maximum atomic E-state index is 12.5. The van der Waals surface area contributed by atoms with E-state index in [1.807, 2.05) is 18.2 Å². The predicted octanol–water partition coefficient (Wildman–Crippen LogP) is 3.23. The molecule has 0 radical (unpaired) electrons. The lowest BCUT2D eigenvalue weighted by Gasteiger charge is -2.11. The van der Waals surface area contributed by atoms with Gasteiger partial charge in [0.1, 0.15) is 10.6 Å². The maximum absolute atomic E-state index is 12.5. The third-order valence-electron chi connectivity index (χ3n) is 4.42. The van der Waals surface area contributed by atoms with Gasteiger partial charge in [-0.1, -0.05) is 23.4 Å². The molecule has 33 heavy (non-hydrogen) atoms. The van der Waals surface area contributed by atoms with Crippen molar-refractivity contribution in [2.45, 2.75) is 22.7 Å². The van der Waals surface area contributed by atoms with Crippen molar-refractivity contribution in [2.24, 2.45) is 10.2 Å². The Morgan fingerprint density at radius 1 is 1.18 bits per heavy atom. The molecule has 172 valence electrons. The average Bonchev–Trinajstić information content (AvgIpc) is 2.81. The van der Waals surface area contributed by atoms with Crippen LogP contribution in [0, 0.1) is 0 Å². The molecule has 1 heterocycles. The van der Waals surface area contributed by atoms with Crippen molar-refractivity contribution in [1.82, 2.24) is 15.4 Å². The first-order valence-corrected chi connectivity index (χ1v) is 12.3. The monoisotopic (exact) mass is 505 g/mol. The second-order valence-corrected chi connectivity index (χ2v) is 9.55. The summed E-state index contributed by atoms with van der Waals surface area (Å²) in [5.74, 6) is 0.666. The van der Waals surface area contributed by atoms with Crippen molar-refractivity contribution in [2.75, 3.05) is 7.11 Å². The van der Waals surface area contributed by atoms with Crippen LogP contribution < -0.4 is 15.3 Å². The maximum Gasteiger partial charge on any atom is 0.271 e. The Labute approximate surface area is 200 Å². The quantitative estimate of drug-likeness (QED) is 0.207. The van der Waals surface area contributed by atoms with Crippen molar-refractivity contribution >= 4 is 45.0 Å². The lowest BCUT2D eigenvalue weighted by atomic mass is 10.1. The largest absolute Gasteiger partial charge is 0.496 e. The van der Waals surface area contributed by atoms with E-state index in [0.29, 0.717) is 22.4 Å². The average molecular weight is 506 g/mol. The zero-order valence-corrected chi connectivity index (χ0v) is 20.0. The van der Waals surface area contributed by atoms with Crippen molar-refractivity contribution in [1.29, 1.82) is 0 Å². The molecule has 2 aromatic carbocycles. The Morgan fingerprint density at radius 3 is 2.55 bits per heavy atom. The number of ether oxygens (including phenoxy) is 1. The molecular formula is C21H20ClN5O4S2. The van der Waals surface area contributed by atoms with Gasteiger partial charge in [0.05, 0.1) is 17.8 Å². The van der Waals surface area contributed by atoms with Crippen molar-refractivity contribution < 1.29 is 17.9 Å². The molecule has 0 saturated heterocycles. The molecule has 9 nitrogen and oxygen atoms in total. The first-order chi connectivity index (χ1) is 15.7. The molecule has 3 rings (SSSR count). The van der Waals surface area contributed by atoms with Crippen LogP contribution >= 0.6 is 23.4 Å². The molecule has 0 spiro atoms. The Hall–Kier alpha value is -2.99. The number of hydrogen-bond donors (Lipinski definition) is 2. The van der Waals surface area contributed by atoms with E-state index in [-0.39, 0.29) is 15.5 Å². The molecule has 1 amide bonds. The van der Waals surface area contributed by atoms with Gasteiger partial charge >= 0.3 is 0 Å². The molecule has 0 aliphatic rings. The zero-order chi connectivity index (χ0) is 24.0. The number of hydrogen-bond acceptors (Lipinski definition) is 8.